The monoisotopic (exact) mass is 517 g/mol. The summed E-state index contributed by atoms with van der Waals surface area (Å²) in [5.74, 6) is 10.1. The number of hydrogen-bond donors (Lipinski definition) is 0. The summed E-state index contributed by atoms with van der Waals surface area (Å²) in [5.41, 5.74) is 3.15. The maximum Gasteiger partial charge on any atom is 0.0921 e. The molecule has 37 heavy (non-hydrogen) atoms. The molecule has 0 rings (SSSR count). The first kappa shape index (κ1) is 69.9. The Morgan fingerprint density at radius 1 is 0.811 bits per heavy atom. The summed E-state index contributed by atoms with van der Waals surface area (Å²) < 4.78 is 4.72. The number of unbranched alkanes of at least 4 members (excludes halogenated alkanes) is 1. The molecular weight excluding hydrogens is 448 g/mol. The van der Waals surface area contributed by atoms with E-state index in [-0.39, 0.29) is 29.7 Å². The average Bonchev–Trinajstić information content (AvgIpc) is 2.77. The molecule has 1 heteroatoms. The molecule has 0 unspecified atom stereocenters. The van der Waals surface area contributed by atoms with Crippen LogP contribution in [0.3, 0.4) is 0 Å². The van der Waals surface area contributed by atoms with Crippen LogP contribution in [-0.4, -0.2) is 7.11 Å². The van der Waals surface area contributed by atoms with Gasteiger partial charge in [0, 0.05) is 6.42 Å². The van der Waals surface area contributed by atoms with Gasteiger partial charge in [0.15, 0.2) is 0 Å². The van der Waals surface area contributed by atoms with Crippen LogP contribution in [0, 0.1) is 36.5 Å². The number of ether oxygens (including phenoxy) is 1. The van der Waals surface area contributed by atoms with Gasteiger partial charge in [-0.2, -0.15) is 0 Å². The molecule has 0 heterocycles. The van der Waals surface area contributed by atoms with Crippen molar-refractivity contribution in [2.45, 2.75) is 104 Å². The maximum atomic E-state index is 4.72. The number of terminal acetylenes is 2. The van der Waals surface area contributed by atoms with Crippen LogP contribution in [0.1, 0.15) is 104 Å². The highest BCUT2D eigenvalue weighted by molar-refractivity contribution is 5.20. The summed E-state index contributed by atoms with van der Waals surface area (Å²) in [6, 6.07) is 0. The van der Waals surface area contributed by atoms with Gasteiger partial charge >= 0.3 is 0 Å². The average molecular weight is 517 g/mol. The van der Waals surface area contributed by atoms with Gasteiger partial charge in [0.25, 0.3) is 0 Å². The number of hydrogen-bond acceptors (Lipinski definition) is 1. The third-order valence-electron chi connectivity index (χ3n) is 2.43. The van der Waals surface area contributed by atoms with E-state index in [4.69, 9.17) is 11.2 Å². The van der Waals surface area contributed by atoms with Crippen LogP contribution >= 0.6 is 0 Å². The van der Waals surface area contributed by atoms with Crippen molar-refractivity contribution < 1.29 is 4.74 Å². The summed E-state index contributed by atoms with van der Waals surface area (Å²) in [6.45, 7) is 40.2. The second kappa shape index (κ2) is 84.7. The van der Waals surface area contributed by atoms with Gasteiger partial charge in [-0.3, -0.25) is 0 Å². The van der Waals surface area contributed by atoms with E-state index in [9.17, 15) is 0 Å². The highest BCUT2D eigenvalue weighted by Gasteiger charge is 1.81. The minimum absolute atomic E-state index is 0. The van der Waals surface area contributed by atoms with Crippen LogP contribution in [0.15, 0.2) is 86.8 Å². The third-order valence-corrected chi connectivity index (χ3v) is 2.43. The fourth-order valence-electron chi connectivity index (χ4n) is 0.316. The molecule has 0 aliphatic carbocycles. The third kappa shape index (κ3) is 270. The number of rotatable bonds is 6. The first-order chi connectivity index (χ1) is 15.4. The molecule has 0 saturated heterocycles. The van der Waals surface area contributed by atoms with Gasteiger partial charge in [-0.05, 0) is 53.4 Å². The first-order valence-corrected chi connectivity index (χ1v) is 10.6. The number of allylic oxidation sites excluding steroid dienone is 6. The standard InChI is InChI=1S/C6H10O.C6H10.C5H8.C5H4.C4H10.C3H6.C3H4.4CH4/c1-4-5-6(2)7-3;1-5(2)6(3)4;1-4-5(2)3;1-3-5-4-2;1-3-4-2;2*1-3-2;;;;/h4H,1-2,5H2,3H3;1,3H2,2,4H3;4H,1-2H2,3H3;1H,2H3;3-4H2,1-2H3;3H,1H2,2H3;1H,2H3;4*1H4. The fraction of sp³-hybridized carbons (Fsp3) is 0.444. The van der Waals surface area contributed by atoms with E-state index in [2.05, 4.69) is 90.0 Å². The van der Waals surface area contributed by atoms with Gasteiger partial charge in [-0.15, -0.1) is 31.9 Å². The second-order valence-corrected chi connectivity index (χ2v) is 6.06. The van der Waals surface area contributed by atoms with Crippen LogP contribution < -0.4 is 0 Å². The van der Waals surface area contributed by atoms with Crippen molar-refractivity contribution in [3.63, 3.8) is 0 Å². The minimum atomic E-state index is 0. The SMILES string of the molecule is C.C.C.C.C#CC.C#CC#CC.C=C(C)C(=C)C.C=CC.C=CC(=C)C.C=CCC(=C)OC.CCCC. The lowest BCUT2D eigenvalue weighted by atomic mass is 10.2. The molecular formula is C36H68O. The minimum Gasteiger partial charge on any atom is -0.501 e. The van der Waals surface area contributed by atoms with Gasteiger partial charge in [0.1, 0.15) is 0 Å². The summed E-state index contributed by atoms with van der Waals surface area (Å²) in [7, 11) is 1.60. The van der Waals surface area contributed by atoms with E-state index in [1.807, 2.05) is 27.7 Å². The van der Waals surface area contributed by atoms with Gasteiger partial charge in [-0.25, -0.2) is 0 Å². The van der Waals surface area contributed by atoms with Gasteiger partial charge < -0.3 is 4.74 Å². The van der Waals surface area contributed by atoms with Crippen molar-refractivity contribution in [1.82, 2.24) is 0 Å². The Labute approximate surface area is 239 Å². The molecule has 218 valence electrons. The Hall–Kier alpha value is -3.34. The number of methoxy groups -OCH3 is 1. The summed E-state index contributed by atoms with van der Waals surface area (Å²) in [5, 5.41) is 0. The molecule has 0 atom stereocenters. The summed E-state index contributed by atoms with van der Waals surface area (Å²) >= 11 is 0. The molecule has 0 spiro atoms. The molecule has 0 bridgehead atoms. The summed E-state index contributed by atoms with van der Waals surface area (Å²) in [4.78, 5) is 0. The van der Waals surface area contributed by atoms with E-state index < -0.39 is 0 Å². The first-order valence-electron chi connectivity index (χ1n) is 10.6. The predicted octanol–water partition coefficient (Wildman–Crippen LogP) is 12.4. The fourth-order valence-corrected chi connectivity index (χ4v) is 0.316. The quantitative estimate of drug-likeness (QED) is 0.148. The zero-order valence-corrected chi connectivity index (χ0v) is 23.4. The molecule has 0 aliphatic heterocycles. The Morgan fingerprint density at radius 2 is 1.08 bits per heavy atom. The molecule has 0 aromatic heterocycles. The van der Waals surface area contributed by atoms with E-state index in [1.54, 1.807) is 39.2 Å². The second-order valence-electron chi connectivity index (χ2n) is 6.06. The molecule has 0 radical (unpaired) electrons. The highest BCUT2D eigenvalue weighted by Crippen LogP contribution is 1.98. The van der Waals surface area contributed by atoms with Crippen molar-refractivity contribution in [3.05, 3.63) is 86.8 Å². The topological polar surface area (TPSA) is 9.23 Å². The van der Waals surface area contributed by atoms with E-state index >= 15 is 0 Å². The Bertz CT molecular complexity index is 617. The molecule has 0 aromatic rings. The zero-order chi connectivity index (χ0) is 28.1. The highest BCUT2D eigenvalue weighted by atomic mass is 16.5. The zero-order valence-electron chi connectivity index (χ0n) is 23.4. The van der Waals surface area contributed by atoms with Crippen molar-refractivity contribution in [3.8, 4) is 36.5 Å². The van der Waals surface area contributed by atoms with Crippen LogP contribution in [-0.2, 0) is 4.74 Å². The van der Waals surface area contributed by atoms with Crippen molar-refractivity contribution >= 4 is 0 Å². The van der Waals surface area contributed by atoms with Gasteiger partial charge in [-0.1, -0.05) is 130 Å². The molecule has 0 amide bonds. The molecule has 1 nitrogen and oxygen atoms in total. The van der Waals surface area contributed by atoms with Gasteiger partial charge in [0.2, 0.25) is 0 Å². The van der Waals surface area contributed by atoms with Gasteiger partial charge in [0.05, 0.1) is 12.9 Å². The summed E-state index contributed by atoms with van der Waals surface area (Å²) in [6.07, 6.45) is 17.9. The van der Waals surface area contributed by atoms with Crippen LogP contribution in [0.2, 0.25) is 0 Å². The lowest BCUT2D eigenvalue weighted by molar-refractivity contribution is 0.287. The van der Waals surface area contributed by atoms with E-state index in [0.29, 0.717) is 0 Å². The molecule has 0 N–H and O–H groups in total. The van der Waals surface area contributed by atoms with Crippen LogP contribution in [0.25, 0.3) is 0 Å². The Balaban J connectivity index is -0.0000000237. The molecule has 0 fully saturated rings. The van der Waals surface area contributed by atoms with Crippen molar-refractivity contribution in [2.24, 2.45) is 0 Å². The largest absolute Gasteiger partial charge is 0.501 e. The molecule has 0 aliphatic rings. The van der Waals surface area contributed by atoms with E-state index in [0.717, 1.165) is 28.9 Å². The Morgan fingerprint density at radius 3 is 1.11 bits per heavy atom. The Kier molecular flexibility index (Phi) is 160. The van der Waals surface area contributed by atoms with E-state index in [1.165, 1.54) is 12.8 Å². The lowest BCUT2D eigenvalue weighted by Gasteiger charge is -1.95. The normalized spacial score (nSPS) is 5.38. The molecule has 0 saturated carbocycles. The smallest absolute Gasteiger partial charge is 0.0921 e. The van der Waals surface area contributed by atoms with Crippen LogP contribution in [0.5, 0.6) is 0 Å². The van der Waals surface area contributed by atoms with Crippen LogP contribution in [0.4, 0.5) is 0 Å². The molecule has 0 aromatic carbocycles. The maximum absolute atomic E-state index is 4.72. The predicted molar refractivity (Wildman–Crippen MR) is 186 cm³/mol. The van der Waals surface area contributed by atoms with Crippen molar-refractivity contribution in [1.29, 1.82) is 0 Å². The van der Waals surface area contributed by atoms with Crippen molar-refractivity contribution in [2.75, 3.05) is 7.11 Å². The lowest BCUT2D eigenvalue weighted by Crippen LogP contribution is -1.78.